The van der Waals surface area contributed by atoms with Gasteiger partial charge in [-0.25, -0.2) is 0 Å². The number of carbonyl (C=O) groups is 1. The molecule has 24 heavy (non-hydrogen) atoms. The Morgan fingerprint density at radius 3 is 2.58 bits per heavy atom. The summed E-state index contributed by atoms with van der Waals surface area (Å²) in [6, 6.07) is 13.9. The van der Waals surface area contributed by atoms with E-state index < -0.39 is 0 Å². The largest absolute Gasteiger partial charge is 0.493 e. The van der Waals surface area contributed by atoms with Crippen LogP contribution in [0.3, 0.4) is 0 Å². The molecule has 2 heterocycles. The van der Waals surface area contributed by atoms with E-state index in [1.807, 2.05) is 54.3 Å². The minimum atomic E-state index is 0.197. The molecule has 0 radical (unpaired) electrons. The first-order valence-corrected chi connectivity index (χ1v) is 8.58. The Labute approximate surface area is 143 Å². The Morgan fingerprint density at radius 1 is 1.17 bits per heavy atom. The maximum atomic E-state index is 12.4. The van der Waals surface area contributed by atoms with Gasteiger partial charge in [-0.2, -0.15) is 0 Å². The van der Waals surface area contributed by atoms with Gasteiger partial charge >= 0.3 is 0 Å². The van der Waals surface area contributed by atoms with E-state index in [9.17, 15) is 4.79 Å². The number of nitrogens with zero attached hydrogens (tertiary/aromatic N) is 2. The lowest BCUT2D eigenvalue weighted by Gasteiger charge is -2.32. The molecule has 4 nitrogen and oxygen atoms in total. The summed E-state index contributed by atoms with van der Waals surface area (Å²) in [6.07, 6.45) is 4.25. The Bertz CT molecular complexity index is 647. The summed E-state index contributed by atoms with van der Waals surface area (Å²) in [5.41, 5.74) is 1.96. The van der Waals surface area contributed by atoms with Crippen LogP contribution in [0.1, 0.15) is 24.1 Å². The van der Waals surface area contributed by atoms with Gasteiger partial charge in [0.25, 0.3) is 0 Å². The first-order chi connectivity index (χ1) is 11.7. The molecule has 1 aromatic heterocycles. The van der Waals surface area contributed by atoms with Gasteiger partial charge in [-0.1, -0.05) is 24.3 Å². The van der Waals surface area contributed by atoms with Crippen LogP contribution in [0, 0.1) is 12.8 Å². The monoisotopic (exact) mass is 324 g/mol. The number of amides is 1. The van der Waals surface area contributed by atoms with Gasteiger partial charge in [-0.3, -0.25) is 9.78 Å². The van der Waals surface area contributed by atoms with Crippen LogP contribution in [0.2, 0.25) is 0 Å². The fourth-order valence-electron chi connectivity index (χ4n) is 2.97. The molecule has 0 bridgehead atoms. The summed E-state index contributed by atoms with van der Waals surface area (Å²) >= 11 is 0. The van der Waals surface area contributed by atoms with Gasteiger partial charge in [0.1, 0.15) is 5.75 Å². The van der Waals surface area contributed by atoms with Gasteiger partial charge in [-0.05, 0) is 49.4 Å². The minimum Gasteiger partial charge on any atom is -0.493 e. The molecule has 0 aliphatic carbocycles. The highest BCUT2D eigenvalue weighted by molar-refractivity contribution is 5.78. The van der Waals surface area contributed by atoms with E-state index in [0.29, 0.717) is 12.3 Å². The fraction of sp³-hybridized carbons (Fsp3) is 0.400. The van der Waals surface area contributed by atoms with Crippen molar-refractivity contribution in [1.29, 1.82) is 0 Å². The normalized spacial score (nSPS) is 15.3. The van der Waals surface area contributed by atoms with E-state index in [-0.39, 0.29) is 5.91 Å². The topological polar surface area (TPSA) is 42.4 Å². The highest BCUT2D eigenvalue weighted by atomic mass is 16.5. The van der Waals surface area contributed by atoms with Crippen LogP contribution in [-0.4, -0.2) is 35.5 Å². The summed E-state index contributed by atoms with van der Waals surface area (Å²) in [5, 5.41) is 0. The SMILES string of the molecule is Cc1ccc(CC(=O)N2CCC(COc3ccccc3)CC2)cn1. The number of carbonyl (C=O) groups excluding carboxylic acids is 1. The van der Waals surface area contributed by atoms with Crippen molar-refractivity contribution in [3.8, 4) is 5.75 Å². The molecule has 0 unspecified atom stereocenters. The highest BCUT2D eigenvalue weighted by Crippen LogP contribution is 2.20. The van der Waals surface area contributed by atoms with Gasteiger partial charge in [0, 0.05) is 25.0 Å². The third-order valence-electron chi connectivity index (χ3n) is 4.52. The van der Waals surface area contributed by atoms with E-state index in [0.717, 1.165) is 49.5 Å². The van der Waals surface area contributed by atoms with Crippen LogP contribution < -0.4 is 4.74 Å². The van der Waals surface area contributed by atoms with E-state index >= 15 is 0 Å². The average molecular weight is 324 g/mol. The molecule has 0 saturated carbocycles. The second-order valence-electron chi connectivity index (χ2n) is 6.43. The van der Waals surface area contributed by atoms with Crippen LogP contribution >= 0.6 is 0 Å². The molecule has 0 spiro atoms. The third kappa shape index (κ3) is 4.57. The summed E-state index contributed by atoms with van der Waals surface area (Å²) in [4.78, 5) is 18.6. The number of hydrogen-bond donors (Lipinski definition) is 0. The summed E-state index contributed by atoms with van der Waals surface area (Å²) in [6.45, 7) is 4.32. The van der Waals surface area contributed by atoms with Crippen molar-refractivity contribution in [2.24, 2.45) is 5.92 Å². The van der Waals surface area contributed by atoms with Crippen LogP contribution in [0.5, 0.6) is 5.75 Å². The zero-order valence-corrected chi connectivity index (χ0v) is 14.1. The van der Waals surface area contributed by atoms with Crippen molar-refractivity contribution < 1.29 is 9.53 Å². The van der Waals surface area contributed by atoms with Crippen LogP contribution in [0.25, 0.3) is 0 Å². The number of ether oxygens (including phenoxy) is 1. The second-order valence-corrected chi connectivity index (χ2v) is 6.43. The predicted octanol–water partition coefficient (Wildman–Crippen LogP) is 3.25. The van der Waals surface area contributed by atoms with E-state index in [4.69, 9.17) is 4.74 Å². The molecule has 1 fully saturated rings. The van der Waals surface area contributed by atoms with E-state index in [1.54, 1.807) is 6.20 Å². The number of likely N-dealkylation sites (tertiary alicyclic amines) is 1. The molecule has 3 rings (SSSR count). The van der Waals surface area contributed by atoms with Crippen molar-refractivity contribution in [2.75, 3.05) is 19.7 Å². The van der Waals surface area contributed by atoms with Crippen molar-refractivity contribution in [2.45, 2.75) is 26.2 Å². The lowest BCUT2D eigenvalue weighted by Crippen LogP contribution is -2.40. The Hall–Kier alpha value is -2.36. The lowest BCUT2D eigenvalue weighted by molar-refractivity contribution is -0.132. The summed E-state index contributed by atoms with van der Waals surface area (Å²) < 4.78 is 5.84. The number of aromatic nitrogens is 1. The molecule has 126 valence electrons. The highest BCUT2D eigenvalue weighted by Gasteiger charge is 2.23. The number of para-hydroxylation sites is 1. The van der Waals surface area contributed by atoms with E-state index in [1.165, 1.54) is 0 Å². The summed E-state index contributed by atoms with van der Waals surface area (Å²) in [5.74, 6) is 1.64. The van der Waals surface area contributed by atoms with Gasteiger partial charge in [0.15, 0.2) is 0 Å². The zero-order chi connectivity index (χ0) is 16.8. The molecule has 1 aliphatic heterocycles. The Kier molecular flexibility index (Phi) is 5.47. The van der Waals surface area contributed by atoms with Gasteiger partial charge < -0.3 is 9.64 Å². The molecule has 4 heteroatoms. The first kappa shape index (κ1) is 16.5. The third-order valence-corrected chi connectivity index (χ3v) is 4.52. The predicted molar refractivity (Wildman–Crippen MR) is 93.9 cm³/mol. The molecular formula is C20H24N2O2. The molecule has 1 aromatic carbocycles. The van der Waals surface area contributed by atoms with Crippen LogP contribution in [0.4, 0.5) is 0 Å². The Morgan fingerprint density at radius 2 is 1.92 bits per heavy atom. The fourth-order valence-corrected chi connectivity index (χ4v) is 2.97. The number of benzene rings is 1. The van der Waals surface area contributed by atoms with Gasteiger partial charge in [-0.15, -0.1) is 0 Å². The Balaban J connectivity index is 1.42. The average Bonchev–Trinajstić information content (AvgIpc) is 2.63. The van der Waals surface area contributed by atoms with E-state index in [2.05, 4.69) is 4.98 Å². The minimum absolute atomic E-state index is 0.197. The van der Waals surface area contributed by atoms with Crippen molar-refractivity contribution in [1.82, 2.24) is 9.88 Å². The number of piperidine rings is 1. The molecule has 1 amide bonds. The van der Waals surface area contributed by atoms with Crippen molar-refractivity contribution in [3.05, 3.63) is 59.9 Å². The number of hydrogen-bond acceptors (Lipinski definition) is 3. The molecule has 0 atom stereocenters. The van der Waals surface area contributed by atoms with Crippen molar-refractivity contribution in [3.63, 3.8) is 0 Å². The van der Waals surface area contributed by atoms with Crippen LogP contribution in [0.15, 0.2) is 48.7 Å². The maximum absolute atomic E-state index is 12.4. The van der Waals surface area contributed by atoms with Gasteiger partial charge in [0.2, 0.25) is 5.91 Å². The molecule has 1 saturated heterocycles. The lowest BCUT2D eigenvalue weighted by atomic mass is 9.97. The molecule has 1 aliphatic rings. The quantitative estimate of drug-likeness (QED) is 0.848. The number of rotatable bonds is 5. The van der Waals surface area contributed by atoms with Crippen molar-refractivity contribution >= 4 is 5.91 Å². The number of aryl methyl sites for hydroxylation is 1. The molecule has 0 N–H and O–H groups in total. The zero-order valence-electron chi connectivity index (χ0n) is 14.1. The standard InChI is InChI=1S/C20H24N2O2/c1-16-7-8-18(14-21-16)13-20(23)22-11-9-17(10-12-22)15-24-19-5-3-2-4-6-19/h2-8,14,17H,9-13,15H2,1H3. The second kappa shape index (κ2) is 7.95. The van der Waals surface area contributed by atoms with Gasteiger partial charge in [0.05, 0.1) is 13.0 Å². The molecular weight excluding hydrogens is 300 g/mol. The number of pyridine rings is 1. The van der Waals surface area contributed by atoms with Crippen LogP contribution in [-0.2, 0) is 11.2 Å². The summed E-state index contributed by atoms with van der Waals surface area (Å²) in [7, 11) is 0. The first-order valence-electron chi connectivity index (χ1n) is 8.58. The maximum Gasteiger partial charge on any atom is 0.227 e. The molecule has 2 aromatic rings. The smallest absolute Gasteiger partial charge is 0.227 e.